The summed E-state index contributed by atoms with van der Waals surface area (Å²) in [7, 11) is 3.30. The number of benzene rings is 3. The molecule has 0 radical (unpaired) electrons. The monoisotopic (exact) mass is 479 g/mol. The van der Waals surface area contributed by atoms with Gasteiger partial charge in [-0.15, -0.1) is 0 Å². The molecule has 4 aromatic rings. The molecule has 8 nitrogen and oxygen atoms in total. The number of methoxy groups -OCH3 is 2. The highest BCUT2D eigenvalue weighted by Crippen LogP contribution is 2.46. The van der Waals surface area contributed by atoms with E-state index >= 15 is 0 Å². The summed E-state index contributed by atoms with van der Waals surface area (Å²) >= 11 is 0. The fraction of sp³-hybridized carbons (Fsp3) is 0.179. The van der Waals surface area contributed by atoms with Crippen LogP contribution in [0.25, 0.3) is 11.4 Å². The highest BCUT2D eigenvalue weighted by atomic mass is 16.5. The van der Waals surface area contributed by atoms with Crippen LogP contribution in [0.15, 0.2) is 90.0 Å². The largest absolute Gasteiger partial charge is 0.496 e. The minimum absolute atomic E-state index is 0.192. The summed E-state index contributed by atoms with van der Waals surface area (Å²) in [5, 5.41) is 7.85. The molecule has 0 bridgehead atoms. The average Bonchev–Trinajstić information content (AvgIpc) is 3.41. The van der Waals surface area contributed by atoms with Crippen LogP contribution in [0.1, 0.15) is 29.2 Å². The Morgan fingerprint density at radius 3 is 2.56 bits per heavy atom. The Kier molecular flexibility index (Phi) is 5.61. The summed E-state index contributed by atoms with van der Waals surface area (Å²) in [6.45, 7) is 0.521. The maximum absolute atomic E-state index is 6.21. The first kappa shape index (κ1) is 21.9. The van der Waals surface area contributed by atoms with Crippen LogP contribution in [0.2, 0.25) is 0 Å². The Hall–Kier alpha value is -4.59. The second-order valence-corrected chi connectivity index (χ2v) is 8.50. The van der Waals surface area contributed by atoms with Crippen molar-refractivity contribution in [2.45, 2.75) is 12.5 Å². The van der Waals surface area contributed by atoms with Gasteiger partial charge in [-0.25, -0.2) is 9.67 Å². The first-order valence-corrected chi connectivity index (χ1v) is 11.7. The number of aromatic nitrogens is 3. The Morgan fingerprint density at radius 1 is 1.00 bits per heavy atom. The highest BCUT2D eigenvalue weighted by Gasteiger charge is 2.32. The van der Waals surface area contributed by atoms with Crippen molar-refractivity contribution in [1.29, 1.82) is 0 Å². The van der Waals surface area contributed by atoms with Crippen LogP contribution in [0, 0.1) is 0 Å². The molecule has 8 heteroatoms. The Balaban J connectivity index is 1.51. The average molecular weight is 480 g/mol. The first-order valence-electron chi connectivity index (χ1n) is 11.7. The van der Waals surface area contributed by atoms with E-state index in [-0.39, 0.29) is 6.04 Å². The molecule has 2 aliphatic heterocycles. The third-order valence-electron chi connectivity index (χ3n) is 6.47. The number of nitrogens with zero attached hydrogens (tertiary/aromatic N) is 4. The topological polar surface area (TPSA) is 82.8 Å². The fourth-order valence-electron chi connectivity index (χ4n) is 4.70. The van der Waals surface area contributed by atoms with E-state index in [1.54, 1.807) is 25.2 Å². The molecule has 180 valence electrons. The number of amidine groups is 1. The van der Waals surface area contributed by atoms with Crippen LogP contribution in [0.4, 0.5) is 0 Å². The van der Waals surface area contributed by atoms with E-state index in [2.05, 4.69) is 39.7 Å². The number of hydrogen-bond acceptors (Lipinski definition) is 7. The molecule has 1 N–H and O–H groups in total. The van der Waals surface area contributed by atoms with Gasteiger partial charge in [-0.2, -0.15) is 5.10 Å². The zero-order chi connectivity index (χ0) is 24.5. The molecule has 0 saturated heterocycles. The molecular weight excluding hydrogens is 454 g/mol. The maximum Gasteiger partial charge on any atom is 0.138 e. The van der Waals surface area contributed by atoms with E-state index in [9.17, 15) is 0 Å². The lowest BCUT2D eigenvalue weighted by Crippen LogP contribution is -2.30. The highest BCUT2D eigenvalue weighted by molar-refractivity contribution is 6.06. The van der Waals surface area contributed by atoms with Crippen LogP contribution in [-0.4, -0.2) is 41.4 Å². The van der Waals surface area contributed by atoms with Crippen molar-refractivity contribution in [1.82, 2.24) is 20.1 Å². The number of aliphatic imine (C=N–C) groups is 1. The first-order chi connectivity index (χ1) is 17.7. The van der Waals surface area contributed by atoms with E-state index in [4.69, 9.17) is 19.2 Å². The van der Waals surface area contributed by atoms with Crippen molar-refractivity contribution in [2.24, 2.45) is 4.99 Å². The van der Waals surface area contributed by atoms with Crippen molar-refractivity contribution in [3.8, 4) is 22.9 Å². The van der Waals surface area contributed by atoms with E-state index in [0.717, 1.165) is 45.2 Å². The minimum Gasteiger partial charge on any atom is -0.496 e. The van der Waals surface area contributed by atoms with Crippen molar-refractivity contribution in [3.05, 3.63) is 102 Å². The van der Waals surface area contributed by atoms with E-state index in [1.807, 2.05) is 42.5 Å². The van der Waals surface area contributed by atoms with Crippen LogP contribution >= 0.6 is 0 Å². The van der Waals surface area contributed by atoms with Gasteiger partial charge in [0.05, 0.1) is 37.8 Å². The SMILES string of the molecule is COc1cc(OC)c2c(c1)OCCC1=C2NC(c2ccccc2)=NC1c1ccc(-n2cncn2)cc1. The third-order valence-corrected chi connectivity index (χ3v) is 6.47. The Morgan fingerprint density at radius 2 is 1.83 bits per heavy atom. The molecule has 36 heavy (non-hydrogen) atoms. The van der Waals surface area contributed by atoms with Gasteiger partial charge in [0.25, 0.3) is 0 Å². The van der Waals surface area contributed by atoms with Crippen molar-refractivity contribution in [3.63, 3.8) is 0 Å². The zero-order valence-corrected chi connectivity index (χ0v) is 20.0. The molecule has 2 aliphatic rings. The van der Waals surface area contributed by atoms with Gasteiger partial charge in [0.1, 0.15) is 41.8 Å². The van der Waals surface area contributed by atoms with Gasteiger partial charge < -0.3 is 19.5 Å². The third kappa shape index (κ3) is 3.86. The van der Waals surface area contributed by atoms with Gasteiger partial charge in [-0.05, 0) is 23.3 Å². The smallest absolute Gasteiger partial charge is 0.138 e. The Labute approximate surface area is 208 Å². The molecule has 0 fully saturated rings. The number of fused-ring (bicyclic) bond motifs is 2. The molecule has 3 heterocycles. The lowest BCUT2D eigenvalue weighted by molar-refractivity contribution is 0.315. The molecule has 1 aromatic heterocycles. The number of rotatable bonds is 5. The molecule has 0 aliphatic carbocycles. The molecule has 0 spiro atoms. The van der Waals surface area contributed by atoms with Gasteiger partial charge in [0.15, 0.2) is 0 Å². The van der Waals surface area contributed by atoms with Gasteiger partial charge in [-0.1, -0.05) is 42.5 Å². The van der Waals surface area contributed by atoms with Gasteiger partial charge in [0.2, 0.25) is 0 Å². The predicted molar refractivity (Wildman–Crippen MR) is 137 cm³/mol. The van der Waals surface area contributed by atoms with Crippen LogP contribution in [0.3, 0.4) is 0 Å². The number of hydrogen-bond donors (Lipinski definition) is 1. The summed E-state index contributed by atoms with van der Waals surface area (Å²) < 4.78 is 19.2. The Bertz CT molecular complexity index is 1440. The predicted octanol–water partition coefficient (Wildman–Crippen LogP) is 4.57. The van der Waals surface area contributed by atoms with Gasteiger partial charge in [0, 0.05) is 24.1 Å². The summed E-state index contributed by atoms with van der Waals surface area (Å²) in [6.07, 6.45) is 3.93. The van der Waals surface area contributed by atoms with E-state index in [0.29, 0.717) is 24.5 Å². The standard InChI is InChI=1S/C28H25N5O3/c1-34-21-14-23(35-2)25-24(15-21)36-13-12-22-26(18-8-10-20(11-9-18)33-17-29-16-30-33)31-28(32-27(22)25)19-6-4-3-5-7-19/h3-11,14-17,26H,12-13H2,1-2H3,(H,31,32). The second-order valence-electron chi connectivity index (χ2n) is 8.50. The van der Waals surface area contributed by atoms with Crippen molar-refractivity contribution in [2.75, 3.05) is 20.8 Å². The van der Waals surface area contributed by atoms with Gasteiger partial charge in [-0.3, -0.25) is 4.99 Å². The molecule has 1 atom stereocenters. The van der Waals surface area contributed by atoms with Crippen molar-refractivity contribution >= 4 is 11.5 Å². The zero-order valence-electron chi connectivity index (χ0n) is 20.0. The second kappa shape index (κ2) is 9.22. The fourth-order valence-corrected chi connectivity index (χ4v) is 4.70. The molecule has 6 rings (SSSR count). The lowest BCUT2D eigenvalue weighted by Gasteiger charge is -2.29. The normalized spacial score (nSPS) is 16.6. The summed E-state index contributed by atoms with van der Waals surface area (Å²) in [5.41, 5.74) is 6.00. The van der Waals surface area contributed by atoms with Crippen LogP contribution in [-0.2, 0) is 0 Å². The maximum atomic E-state index is 6.21. The summed E-state index contributed by atoms with van der Waals surface area (Å²) in [6, 6.07) is 22.0. The lowest BCUT2D eigenvalue weighted by atomic mass is 9.90. The number of ether oxygens (including phenoxy) is 3. The van der Waals surface area contributed by atoms with E-state index in [1.165, 1.54) is 6.33 Å². The van der Waals surface area contributed by atoms with E-state index < -0.39 is 0 Å². The summed E-state index contributed by atoms with van der Waals surface area (Å²) in [5.74, 6) is 2.88. The minimum atomic E-state index is -0.192. The molecule has 3 aromatic carbocycles. The molecule has 0 amide bonds. The van der Waals surface area contributed by atoms with Crippen LogP contribution in [0.5, 0.6) is 17.2 Å². The van der Waals surface area contributed by atoms with Crippen LogP contribution < -0.4 is 19.5 Å². The quantitative estimate of drug-likeness (QED) is 0.452. The summed E-state index contributed by atoms with van der Waals surface area (Å²) in [4.78, 5) is 9.24. The molecule has 0 saturated carbocycles. The van der Waals surface area contributed by atoms with Gasteiger partial charge >= 0.3 is 0 Å². The molecular formula is C28H25N5O3. The number of nitrogens with one attached hydrogen (secondary N) is 1. The molecule has 1 unspecified atom stereocenters. The van der Waals surface area contributed by atoms with Crippen molar-refractivity contribution < 1.29 is 14.2 Å².